The molecule has 1 heterocycles. The molecule has 2 unspecified atom stereocenters. The monoisotopic (exact) mass is 458 g/mol. The largest absolute Gasteiger partial charge is 0.357 e. The van der Waals surface area contributed by atoms with E-state index in [1.54, 1.807) is 0 Å². The number of nitrogens with zero attached hydrogens (tertiary/aromatic N) is 2. The molecule has 0 aliphatic carbocycles. The molecule has 2 N–H and O–H groups in total. The highest BCUT2D eigenvalue weighted by Gasteiger charge is 2.21. The molecule has 0 radical (unpaired) electrons. The highest BCUT2D eigenvalue weighted by molar-refractivity contribution is 14.0. The maximum absolute atomic E-state index is 4.79. The highest BCUT2D eigenvalue weighted by atomic mass is 127. The molecule has 1 aromatic carbocycles. The van der Waals surface area contributed by atoms with Crippen molar-refractivity contribution >= 4 is 29.9 Å². The van der Waals surface area contributed by atoms with Crippen LogP contribution in [0.2, 0.25) is 0 Å². The van der Waals surface area contributed by atoms with Crippen molar-refractivity contribution < 1.29 is 0 Å². The van der Waals surface area contributed by atoms with E-state index in [9.17, 15) is 0 Å². The van der Waals surface area contributed by atoms with E-state index in [2.05, 4.69) is 67.5 Å². The average Bonchev–Trinajstić information content (AvgIpc) is 3.06. The Morgan fingerprint density at radius 1 is 1.24 bits per heavy atom. The second-order valence-electron chi connectivity index (χ2n) is 6.96. The maximum Gasteiger partial charge on any atom is 0.191 e. The normalized spacial score (nSPS) is 19.4. The van der Waals surface area contributed by atoms with Gasteiger partial charge in [-0.15, -0.1) is 24.0 Å². The zero-order valence-electron chi connectivity index (χ0n) is 16.2. The van der Waals surface area contributed by atoms with Gasteiger partial charge in [-0.05, 0) is 44.8 Å². The molecule has 142 valence electrons. The Bertz CT molecular complexity index is 515. The van der Waals surface area contributed by atoms with Crippen LogP contribution in [0.15, 0.2) is 29.3 Å². The number of rotatable bonds is 7. The summed E-state index contributed by atoms with van der Waals surface area (Å²) >= 11 is 0. The minimum atomic E-state index is 0. The lowest BCUT2D eigenvalue weighted by Gasteiger charge is -2.17. The van der Waals surface area contributed by atoms with Crippen LogP contribution in [0.5, 0.6) is 0 Å². The summed E-state index contributed by atoms with van der Waals surface area (Å²) in [4.78, 5) is 7.32. The second kappa shape index (κ2) is 11.7. The third kappa shape index (κ3) is 7.52. The molecule has 0 aromatic heterocycles. The molecule has 2 atom stereocenters. The number of aryl methyl sites for hydroxylation is 1. The first-order chi connectivity index (χ1) is 11.6. The Hall–Kier alpha value is -0.820. The van der Waals surface area contributed by atoms with Gasteiger partial charge in [0.05, 0.1) is 0 Å². The van der Waals surface area contributed by atoms with Gasteiger partial charge in [0.25, 0.3) is 0 Å². The SMILES string of the molecule is CCNC(=NCC(C)c1ccc(C)cc1)NCC1CCN(CC)C1.I. The predicted molar refractivity (Wildman–Crippen MR) is 119 cm³/mol. The zero-order valence-corrected chi connectivity index (χ0v) is 18.5. The molecule has 1 aromatic rings. The van der Waals surface area contributed by atoms with Crippen LogP contribution in [-0.2, 0) is 0 Å². The summed E-state index contributed by atoms with van der Waals surface area (Å²) in [6, 6.07) is 8.79. The zero-order chi connectivity index (χ0) is 17.4. The van der Waals surface area contributed by atoms with Crippen LogP contribution in [0.3, 0.4) is 0 Å². The Morgan fingerprint density at radius 3 is 2.56 bits per heavy atom. The number of aliphatic imine (C=N–C) groups is 1. The van der Waals surface area contributed by atoms with Crippen molar-refractivity contribution in [2.75, 3.05) is 39.3 Å². The van der Waals surface area contributed by atoms with Gasteiger partial charge < -0.3 is 15.5 Å². The van der Waals surface area contributed by atoms with E-state index < -0.39 is 0 Å². The van der Waals surface area contributed by atoms with Crippen molar-refractivity contribution in [3.8, 4) is 0 Å². The fourth-order valence-electron chi connectivity index (χ4n) is 3.18. The summed E-state index contributed by atoms with van der Waals surface area (Å²) in [5.41, 5.74) is 2.66. The first kappa shape index (κ1) is 22.2. The molecule has 0 saturated carbocycles. The topological polar surface area (TPSA) is 39.7 Å². The number of hydrogen-bond acceptors (Lipinski definition) is 2. The van der Waals surface area contributed by atoms with Crippen molar-refractivity contribution in [1.82, 2.24) is 15.5 Å². The molecule has 0 spiro atoms. The second-order valence-corrected chi connectivity index (χ2v) is 6.96. The number of benzene rings is 1. The summed E-state index contributed by atoms with van der Waals surface area (Å²) in [5.74, 6) is 2.12. The summed E-state index contributed by atoms with van der Waals surface area (Å²) in [7, 11) is 0. The first-order valence-corrected chi connectivity index (χ1v) is 9.43. The molecule has 0 amide bonds. The molecule has 5 heteroatoms. The van der Waals surface area contributed by atoms with Gasteiger partial charge >= 0.3 is 0 Å². The van der Waals surface area contributed by atoms with E-state index in [0.717, 1.165) is 31.5 Å². The molecule has 0 bridgehead atoms. The maximum atomic E-state index is 4.79. The Labute approximate surface area is 170 Å². The van der Waals surface area contributed by atoms with E-state index >= 15 is 0 Å². The summed E-state index contributed by atoms with van der Waals surface area (Å²) in [6.07, 6.45) is 1.29. The van der Waals surface area contributed by atoms with Gasteiger partial charge in [-0.25, -0.2) is 0 Å². The van der Waals surface area contributed by atoms with Gasteiger partial charge in [0.15, 0.2) is 5.96 Å². The van der Waals surface area contributed by atoms with Crippen LogP contribution in [0, 0.1) is 12.8 Å². The Kier molecular flexibility index (Phi) is 10.4. The van der Waals surface area contributed by atoms with Crippen LogP contribution >= 0.6 is 24.0 Å². The molecule has 25 heavy (non-hydrogen) atoms. The van der Waals surface area contributed by atoms with E-state index in [1.165, 1.54) is 37.2 Å². The van der Waals surface area contributed by atoms with Gasteiger partial charge in [0, 0.05) is 32.1 Å². The Morgan fingerprint density at radius 2 is 1.96 bits per heavy atom. The van der Waals surface area contributed by atoms with Crippen LogP contribution in [-0.4, -0.2) is 50.1 Å². The summed E-state index contributed by atoms with van der Waals surface area (Å²) in [6.45, 7) is 15.1. The van der Waals surface area contributed by atoms with Gasteiger partial charge in [-0.3, -0.25) is 4.99 Å². The molecule has 1 aliphatic rings. The summed E-state index contributed by atoms with van der Waals surface area (Å²) in [5, 5.41) is 6.91. The number of likely N-dealkylation sites (tertiary alicyclic amines) is 1. The molecule has 1 saturated heterocycles. The lowest BCUT2D eigenvalue weighted by molar-refractivity contribution is 0.342. The lowest BCUT2D eigenvalue weighted by Crippen LogP contribution is -2.40. The number of nitrogens with one attached hydrogen (secondary N) is 2. The predicted octanol–water partition coefficient (Wildman–Crippen LogP) is 3.61. The van der Waals surface area contributed by atoms with Crippen LogP contribution in [0.4, 0.5) is 0 Å². The van der Waals surface area contributed by atoms with Gasteiger partial charge in [-0.1, -0.05) is 43.7 Å². The minimum absolute atomic E-state index is 0. The van der Waals surface area contributed by atoms with E-state index in [-0.39, 0.29) is 24.0 Å². The van der Waals surface area contributed by atoms with Gasteiger partial charge in [0.2, 0.25) is 0 Å². The van der Waals surface area contributed by atoms with Gasteiger partial charge in [-0.2, -0.15) is 0 Å². The van der Waals surface area contributed by atoms with Crippen molar-refractivity contribution in [2.45, 2.75) is 40.0 Å². The third-order valence-electron chi connectivity index (χ3n) is 4.89. The Balaban J connectivity index is 0.00000312. The minimum Gasteiger partial charge on any atom is -0.357 e. The smallest absolute Gasteiger partial charge is 0.191 e. The third-order valence-corrected chi connectivity index (χ3v) is 4.89. The molecule has 4 nitrogen and oxygen atoms in total. The van der Waals surface area contributed by atoms with Crippen LogP contribution in [0.1, 0.15) is 44.2 Å². The fourth-order valence-corrected chi connectivity index (χ4v) is 3.18. The van der Waals surface area contributed by atoms with Gasteiger partial charge in [0.1, 0.15) is 0 Å². The van der Waals surface area contributed by atoms with E-state index in [0.29, 0.717) is 5.92 Å². The number of halogens is 1. The van der Waals surface area contributed by atoms with E-state index in [4.69, 9.17) is 4.99 Å². The van der Waals surface area contributed by atoms with Crippen molar-refractivity contribution in [2.24, 2.45) is 10.9 Å². The summed E-state index contributed by atoms with van der Waals surface area (Å²) < 4.78 is 0. The van der Waals surface area contributed by atoms with Crippen LogP contribution in [0.25, 0.3) is 0 Å². The molecule has 2 rings (SSSR count). The highest BCUT2D eigenvalue weighted by Crippen LogP contribution is 2.16. The van der Waals surface area contributed by atoms with E-state index in [1.807, 2.05) is 0 Å². The molecular weight excluding hydrogens is 423 g/mol. The molecule has 1 fully saturated rings. The van der Waals surface area contributed by atoms with Crippen molar-refractivity contribution in [1.29, 1.82) is 0 Å². The van der Waals surface area contributed by atoms with Crippen molar-refractivity contribution in [3.05, 3.63) is 35.4 Å². The quantitative estimate of drug-likeness (QED) is 0.373. The standard InChI is InChI=1S/C20H34N4.HI/c1-5-21-20(23-14-18-11-12-24(6-2)15-18)22-13-17(4)19-9-7-16(3)8-10-19;/h7-10,17-18H,5-6,11-15H2,1-4H3,(H2,21,22,23);1H. The lowest BCUT2D eigenvalue weighted by atomic mass is 10.0. The van der Waals surface area contributed by atoms with Crippen LogP contribution < -0.4 is 10.6 Å². The molecular formula is C20H35IN4. The number of hydrogen-bond donors (Lipinski definition) is 2. The molecule has 1 aliphatic heterocycles. The number of guanidine groups is 1. The first-order valence-electron chi connectivity index (χ1n) is 9.43. The van der Waals surface area contributed by atoms with Crippen molar-refractivity contribution in [3.63, 3.8) is 0 Å². The fraction of sp³-hybridized carbons (Fsp3) is 0.650. The average molecular weight is 458 g/mol.